The first kappa shape index (κ1) is 19.9. The van der Waals surface area contributed by atoms with E-state index in [0.29, 0.717) is 5.88 Å². The van der Waals surface area contributed by atoms with Crippen molar-refractivity contribution in [1.82, 2.24) is 10.1 Å². The largest absolute Gasteiger partial charge is 0.338 e. The van der Waals surface area contributed by atoms with Crippen molar-refractivity contribution in [2.75, 3.05) is 26.0 Å². The number of nitrogens with one attached hydrogen (secondary N) is 1. The van der Waals surface area contributed by atoms with Crippen molar-refractivity contribution in [2.45, 2.75) is 27.2 Å². The van der Waals surface area contributed by atoms with E-state index < -0.39 is 0 Å². The molecule has 0 aliphatic carbocycles. The summed E-state index contributed by atoms with van der Waals surface area (Å²) in [5.74, 6) is 0.224. The van der Waals surface area contributed by atoms with Crippen LogP contribution in [0.3, 0.4) is 0 Å². The number of hydrogen-bond donors (Lipinski definition) is 1. The van der Waals surface area contributed by atoms with E-state index in [4.69, 9.17) is 4.52 Å². The van der Waals surface area contributed by atoms with Gasteiger partial charge in [0.2, 0.25) is 11.8 Å². The van der Waals surface area contributed by atoms with Crippen LogP contribution in [0.5, 0.6) is 0 Å². The second-order valence-electron chi connectivity index (χ2n) is 4.54. The van der Waals surface area contributed by atoms with Crippen molar-refractivity contribution in [3.05, 3.63) is 42.6 Å². The maximum atomic E-state index is 11.8. The van der Waals surface area contributed by atoms with Crippen LogP contribution < -0.4 is 5.32 Å². The summed E-state index contributed by atoms with van der Waals surface area (Å²) in [6.07, 6.45) is 10.0. The third-order valence-corrected chi connectivity index (χ3v) is 2.44. The number of carbonyl (C=O) groups excluding carboxylic acids is 1. The molecule has 0 saturated heterocycles. The number of anilines is 1. The Morgan fingerprint density at radius 1 is 1.45 bits per heavy atom. The van der Waals surface area contributed by atoms with E-state index in [-0.39, 0.29) is 12.5 Å². The summed E-state index contributed by atoms with van der Waals surface area (Å²) in [7, 11) is 3.66. The Kier molecular flexibility index (Phi) is 10.4. The lowest BCUT2D eigenvalue weighted by Crippen LogP contribution is -2.27. The second kappa shape index (κ2) is 11.5. The van der Waals surface area contributed by atoms with Crippen LogP contribution in [-0.2, 0) is 4.79 Å². The molecular weight excluding hydrogens is 278 g/mol. The molecule has 0 fully saturated rings. The first-order valence-electron chi connectivity index (χ1n) is 7.41. The number of amides is 1. The summed E-state index contributed by atoms with van der Waals surface area (Å²) in [6.45, 7) is 9.91. The molecule has 0 aliphatic heterocycles. The van der Waals surface area contributed by atoms with Crippen LogP contribution in [0.2, 0.25) is 0 Å². The third-order valence-electron chi connectivity index (χ3n) is 2.44. The molecule has 5 nitrogen and oxygen atoms in total. The average Bonchev–Trinajstić information content (AvgIpc) is 2.92. The molecule has 0 radical (unpaired) electrons. The van der Waals surface area contributed by atoms with Gasteiger partial charge in [-0.05, 0) is 33.0 Å². The van der Waals surface area contributed by atoms with E-state index in [1.54, 1.807) is 17.2 Å². The van der Waals surface area contributed by atoms with Gasteiger partial charge in [-0.15, -0.1) is 6.58 Å². The van der Waals surface area contributed by atoms with Gasteiger partial charge in [0, 0.05) is 0 Å². The summed E-state index contributed by atoms with van der Waals surface area (Å²) in [6, 6.07) is 0. The first-order chi connectivity index (χ1) is 10.6. The van der Waals surface area contributed by atoms with Crippen molar-refractivity contribution in [1.29, 1.82) is 0 Å². The Hall–Kier alpha value is -2.14. The van der Waals surface area contributed by atoms with Gasteiger partial charge in [-0.1, -0.05) is 43.3 Å². The molecule has 22 heavy (non-hydrogen) atoms. The van der Waals surface area contributed by atoms with Gasteiger partial charge >= 0.3 is 0 Å². The van der Waals surface area contributed by atoms with Crippen molar-refractivity contribution >= 4 is 17.4 Å². The molecule has 0 atom stereocenters. The highest BCUT2D eigenvalue weighted by Crippen LogP contribution is 2.25. The van der Waals surface area contributed by atoms with E-state index in [0.717, 1.165) is 17.6 Å². The molecule has 0 spiro atoms. The molecule has 1 heterocycles. The summed E-state index contributed by atoms with van der Waals surface area (Å²) in [5, 5.41) is 6.49. The minimum absolute atomic E-state index is 0.142. The zero-order valence-corrected chi connectivity index (χ0v) is 14.2. The predicted molar refractivity (Wildman–Crippen MR) is 92.6 cm³/mol. The summed E-state index contributed by atoms with van der Waals surface area (Å²) in [5.41, 5.74) is 1.70. The second-order valence-corrected chi connectivity index (χ2v) is 4.54. The average molecular weight is 305 g/mol. The highest BCUT2D eigenvalue weighted by atomic mass is 16.5. The Bertz CT molecular complexity index is 514. The molecule has 0 bridgehead atoms. The van der Waals surface area contributed by atoms with E-state index in [1.807, 2.05) is 53.1 Å². The van der Waals surface area contributed by atoms with Crippen LogP contribution in [0.1, 0.15) is 32.8 Å². The molecule has 1 N–H and O–H groups in total. The minimum Gasteiger partial charge on any atom is -0.338 e. The predicted octanol–water partition coefficient (Wildman–Crippen LogP) is 3.74. The van der Waals surface area contributed by atoms with Crippen LogP contribution >= 0.6 is 0 Å². The zero-order chi connectivity index (χ0) is 17.0. The maximum Gasteiger partial charge on any atom is 0.240 e. The van der Waals surface area contributed by atoms with E-state index in [9.17, 15) is 4.79 Å². The molecule has 5 heteroatoms. The molecule has 1 aromatic rings. The fourth-order valence-corrected chi connectivity index (χ4v) is 1.65. The van der Waals surface area contributed by atoms with Gasteiger partial charge in [0.1, 0.15) is 0 Å². The van der Waals surface area contributed by atoms with Gasteiger partial charge < -0.3 is 9.42 Å². The quantitative estimate of drug-likeness (QED) is 0.616. The summed E-state index contributed by atoms with van der Waals surface area (Å²) in [4.78, 5) is 13.6. The molecule has 1 rings (SSSR count). The Morgan fingerprint density at radius 3 is 2.68 bits per heavy atom. The Labute approximate surface area is 133 Å². The Balaban J connectivity index is 0.00000211. The fraction of sp³-hybridized carbons (Fsp3) is 0.412. The third kappa shape index (κ3) is 7.04. The monoisotopic (exact) mass is 305 g/mol. The number of hydrogen-bond acceptors (Lipinski definition) is 4. The van der Waals surface area contributed by atoms with Crippen LogP contribution in [0.15, 0.2) is 41.6 Å². The van der Waals surface area contributed by atoms with Crippen molar-refractivity contribution in [3.63, 3.8) is 0 Å². The van der Waals surface area contributed by atoms with Crippen molar-refractivity contribution < 1.29 is 9.32 Å². The van der Waals surface area contributed by atoms with Crippen LogP contribution in [0, 0.1) is 0 Å². The normalized spacial score (nSPS) is 11.3. The van der Waals surface area contributed by atoms with Gasteiger partial charge in [-0.2, -0.15) is 0 Å². The lowest BCUT2D eigenvalue weighted by atomic mass is 10.1. The number of nitrogens with zero attached hydrogens (tertiary/aromatic N) is 2. The molecule has 0 aromatic carbocycles. The number of allylic oxidation sites excluding steroid dienone is 5. The molecule has 122 valence electrons. The zero-order valence-electron chi connectivity index (χ0n) is 14.2. The van der Waals surface area contributed by atoms with Crippen LogP contribution in [0.25, 0.3) is 5.57 Å². The number of aromatic nitrogens is 1. The van der Waals surface area contributed by atoms with Gasteiger partial charge in [-0.3, -0.25) is 10.1 Å². The van der Waals surface area contributed by atoms with Crippen molar-refractivity contribution in [3.8, 4) is 0 Å². The van der Waals surface area contributed by atoms with Gasteiger partial charge in [0.25, 0.3) is 0 Å². The smallest absolute Gasteiger partial charge is 0.240 e. The van der Waals surface area contributed by atoms with Gasteiger partial charge in [0.05, 0.1) is 18.3 Å². The molecule has 0 saturated carbocycles. The van der Waals surface area contributed by atoms with E-state index >= 15 is 0 Å². The SMILES string of the molecule is C=CC/C=C(\C=C/C)c1cnoc1NC(=O)CN(C)C.CC. The first-order valence-corrected chi connectivity index (χ1v) is 7.41. The molecule has 1 amide bonds. The lowest BCUT2D eigenvalue weighted by molar-refractivity contribution is -0.116. The number of rotatable bonds is 7. The van der Waals surface area contributed by atoms with Gasteiger partial charge in [-0.25, -0.2) is 0 Å². The molecular formula is C17H27N3O2. The van der Waals surface area contributed by atoms with Gasteiger partial charge in [0.15, 0.2) is 0 Å². The highest BCUT2D eigenvalue weighted by Gasteiger charge is 2.14. The highest BCUT2D eigenvalue weighted by molar-refractivity contribution is 5.94. The summed E-state index contributed by atoms with van der Waals surface area (Å²) < 4.78 is 5.12. The molecule has 1 aromatic heterocycles. The van der Waals surface area contributed by atoms with Crippen molar-refractivity contribution in [2.24, 2.45) is 0 Å². The standard InChI is InChI=1S/C15H21N3O2.C2H6/c1-5-7-9-12(8-6-2)13-10-16-20-15(13)17-14(19)11-18(3)4;1-2/h5-6,8-10H,1,7,11H2,2-4H3,(H,17,19);1-2H3/b8-6-,12-9+;. The maximum absolute atomic E-state index is 11.8. The molecule has 0 unspecified atom stereocenters. The van der Waals surface area contributed by atoms with E-state index in [1.165, 1.54) is 0 Å². The van der Waals surface area contributed by atoms with Crippen LogP contribution in [0.4, 0.5) is 5.88 Å². The summed E-state index contributed by atoms with van der Waals surface area (Å²) >= 11 is 0. The fourth-order valence-electron chi connectivity index (χ4n) is 1.65. The number of likely N-dealkylation sites (N-methyl/N-ethyl adjacent to an activating group) is 1. The Morgan fingerprint density at radius 2 is 2.14 bits per heavy atom. The lowest BCUT2D eigenvalue weighted by Gasteiger charge is -2.09. The minimum atomic E-state index is -0.142. The van der Waals surface area contributed by atoms with E-state index in [2.05, 4.69) is 17.1 Å². The van der Waals surface area contributed by atoms with Crippen LogP contribution in [-0.4, -0.2) is 36.6 Å². The number of carbonyl (C=O) groups is 1. The topological polar surface area (TPSA) is 58.4 Å². The molecule has 0 aliphatic rings.